The molecule has 0 aliphatic carbocycles. The lowest BCUT2D eigenvalue weighted by Crippen LogP contribution is -2.72. The summed E-state index contributed by atoms with van der Waals surface area (Å²) < 4.78 is 0. The van der Waals surface area contributed by atoms with Gasteiger partial charge < -0.3 is 19.8 Å². The monoisotopic (exact) mass is 591 g/mol. The van der Waals surface area contributed by atoms with Crippen molar-refractivity contribution >= 4 is 11.9 Å². The van der Waals surface area contributed by atoms with E-state index in [9.17, 15) is 19.8 Å². The van der Waals surface area contributed by atoms with Crippen LogP contribution >= 0.6 is 0 Å². The van der Waals surface area contributed by atoms with Gasteiger partial charge in [-0.25, -0.2) is 0 Å². The van der Waals surface area contributed by atoms with E-state index < -0.39 is 17.4 Å². The number of rotatable bonds is 15. The highest BCUT2D eigenvalue weighted by Gasteiger charge is 2.63. The first-order valence-electron chi connectivity index (χ1n) is 17.3. The topological polar surface area (TPSA) is 86.7 Å². The highest BCUT2D eigenvalue weighted by Crippen LogP contribution is 2.62. The number of hydrogen-bond donors (Lipinski definition) is 0. The van der Waals surface area contributed by atoms with Crippen LogP contribution in [0, 0.1) is 29.1 Å². The maximum atomic E-state index is 14.1. The molecule has 0 spiro atoms. The summed E-state index contributed by atoms with van der Waals surface area (Å²) in [7, 11) is 4.51. The Bertz CT molecular complexity index is 874. The summed E-state index contributed by atoms with van der Waals surface area (Å²) in [6.07, 6.45) is 10.5. The predicted molar refractivity (Wildman–Crippen MR) is 170 cm³/mol. The van der Waals surface area contributed by atoms with Gasteiger partial charge in [0.2, 0.25) is 0 Å². The summed E-state index contributed by atoms with van der Waals surface area (Å²) in [4.78, 5) is 30.1. The number of carbonyl (C=O) groups excluding carboxylic acids is 2. The van der Waals surface area contributed by atoms with E-state index in [0.717, 1.165) is 64.2 Å². The minimum atomic E-state index is -0.991. The number of nitrogens with zero attached hydrogens (tertiary/aromatic N) is 2. The number of piperidine rings is 2. The Labute approximate surface area is 259 Å². The first kappa shape index (κ1) is 37.0. The quantitative estimate of drug-likeness (QED) is 0.216. The molecule has 2 saturated heterocycles. The van der Waals surface area contributed by atoms with E-state index in [1.165, 1.54) is 0 Å². The van der Waals surface area contributed by atoms with E-state index in [4.69, 9.17) is 0 Å². The molecule has 0 saturated carbocycles. The Morgan fingerprint density at radius 2 is 1.07 bits per heavy atom. The lowest BCUT2D eigenvalue weighted by molar-refractivity contribution is -0.334. The molecule has 2 heterocycles. The average molecular weight is 591 g/mol. The predicted octanol–water partition coefficient (Wildman–Crippen LogP) is 6.05. The standard InChI is InChI=1S/C36H68N2O4/c1-13-32(7)24-28(26(5)34(9,15-3)37(32)11)36(31(41)42,23-21-19-17-18-20-22-30(39)40)29-25-33(8,14-2)38(12)35(10,16-4)27(29)6/h26-29H,13-25H2,1-12H3,(H,39,40)(H,41,42)/p-2. The molecule has 8 unspecified atom stereocenters. The van der Waals surface area contributed by atoms with Gasteiger partial charge in [-0.2, -0.15) is 0 Å². The van der Waals surface area contributed by atoms with Crippen molar-refractivity contribution < 1.29 is 19.8 Å². The van der Waals surface area contributed by atoms with Gasteiger partial charge in [0, 0.05) is 39.5 Å². The van der Waals surface area contributed by atoms with Gasteiger partial charge in [0.15, 0.2) is 0 Å². The summed E-state index contributed by atoms with van der Waals surface area (Å²) in [5, 5.41) is 25.0. The summed E-state index contributed by atoms with van der Waals surface area (Å²) in [6.45, 7) is 23.1. The SMILES string of the molecule is CCC1(C)CC(C(CCCCCCCC(=O)[O-])(C(=O)[O-])C2CC(C)(CC)N(C)C(C)(CC)C2C)C(C)C(C)(CC)N1C. The van der Waals surface area contributed by atoms with Crippen LogP contribution in [0.25, 0.3) is 0 Å². The second-order valence-corrected chi connectivity index (χ2v) is 15.4. The van der Waals surface area contributed by atoms with E-state index >= 15 is 0 Å². The van der Waals surface area contributed by atoms with Gasteiger partial charge in [0.25, 0.3) is 0 Å². The molecule has 2 rings (SSSR count). The van der Waals surface area contributed by atoms with Crippen LogP contribution in [0.5, 0.6) is 0 Å². The highest BCUT2D eigenvalue weighted by atomic mass is 16.4. The molecule has 0 aromatic heterocycles. The Morgan fingerprint density at radius 3 is 1.40 bits per heavy atom. The Kier molecular flexibility index (Phi) is 12.2. The van der Waals surface area contributed by atoms with Gasteiger partial charge in [0.05, 0.1) is 0 Å². The zero-order chi connectivity index (χ0) is 32.3. The third-order valence-electron chi connectivity index (χ3n) is 14.3. The van der Waals surface area contributed by atoms with E-state index in [0.29, 0.717) is 12.8 Å². The lowest BCUT2D eigenvalue weighted by Gasteiger charge is -2.68. The van der Waals surface area contributed by atoms with Gasteiger partial charge in [-0.1, -0.05) is 67.2 Å². The van der Waals surface area contributed by atoms with E-state index in [-0.39, 0.29) is 52.2 Å². The van der Waals surface area contributed by atoms with Crippen molar-refractivity contribution in [2.24, 2.45) is 29.1 Å². The number of carboxylic acids is 2. The number of hydrogen-bond acceptors (Lipinski definition) is 6. The second kappa shape index (κ2) is 13.9. The zero-order valence-electron chi connectivity index (χ0n) is 29.5. The summed E-state index contributed by atoms with van der Waals surface area (Å²) in [6, 6.07) is 0. The van der Waals surface area contributed by atoms with Crippen molar-refractivity contribution in [2.75, 3.05) is 14.1 Å². The first-order valence-corrected chi connectivity index (χ1v) is 17.3. The fourth-order valence-corrected chi connectivity index (χ4v) is 9.69. The molecule has 6 nitrogen and oxygen atoms in total. The largest absolute Gasteiger partial charge is 0.550 e. The van der Waals surface area contributed by atoms with Crippen LogP contribution in [0.2, 0.25) is 0 Å². The molecule has 2 fully saturated rings. The molecule has 2 aliphatic heterocycles. The molecule has 0 radical (unpaired) electrons. The average Bonchev–Trinajstić information content (AvgIpc) is 2.96. The Hall–Kier alpha value is -1.14. The van der Waals surface area contributed by atoms with Crippen LogP contribution in [0.4, 0.5) is 0 Å². The highest BCUT2D eigenvalue weighted by molar-refractivity contribution is 5.74. The number of unbranched alkanes of at least 4 members (excludes halogenated alkanes) is 4. The van der Waals surface area contributed by atoms with Crippen LogP contribution in [-0.2, 0) is 9.59 Å². The summed E-state index contributed by atoms with van der Waals surface area (Å²) in [5.74, 6) is -1.43. The molecule has 0 bridgehead atoms. The lowest BCUT2D eigenvalue weighted by atomic mass is 9.46. The minimum Gasteiger partial charge on any atom is -0.550 e. The van der Waals surface area contributed by atoms with E-state index in [2.05, 4.69) is 93.1 Å². The van der Waals surface area contributed by atoms with Crippen LogP contribution in [0.15, 0.2) is 0 Å². The van der Waals surface area contributed by atoms with E-state index in [1.807, 2.05) is 0 Å². The van der Waals surface area contributed by atoms with Crippen LogP contribution < -0.4 is 10.2 Å². The third-order valence-corrected chi connectivity index (χ3v) is 14.3. The third kappa shape index (κ3) is 6.32. The van der Waals surface area contributed by atoms with E-state index in [1.54, 1.807) is 0 Å². The molecular formula is C36H66N2O4-2. The molecule has 0 aromatic rings. The zero-order valence-corrected chi connectivity index (χ0v) is 29.5. The maximum Gasteiger partial charge on any atom is 0.0482 e. The molecule has 246 valence electrons. The van der Waals surface area contributed by atoms with Crippen molar-refractivity contribution in [3.63, 3.8) is 0 Å². The smallest absolute Gasteiger partial charge is 0.0482 e. The van der Waals surface area contributed by atoms with Crippen molar-refractivity contribution in [1.82, 2.24) is 9.80 Å². The van der Waals surface area contributed by atoms with Gasteiger partial charge in [-0.05, 0) is 123 Å². The summed E-state index contributed by atoms with van der Waals surface area (Å²) in [5.41, 5.74) is -1.35. The van der Waals surface area contributed by atoms with Crippen LogP contribution in [-0.4, -0.2) is 58.0 Å². The number of aliphatic carboxylic acids is 2. The van der Waals surface area contributed by atoms with Gasteiger partial charge >= 0.3 is 0 Å². The molecule has 42 heavy (non-hydrogen) atoms. The molecular weight excluding hydrogens is 524 g/mol. The van der Waals surface area contributed by atoms with Crippen molar-refractivity contribution in [3.05, 3.63) is 0 Å². The maximum absolute atomic E-state index is 14.1. The van der Waals surface area contributed by atoms with Crippen molar-refractivity contribution in [1.29, 1.82) is 0 Å². The molecule has 2 aliphatic rings. The first-order chi connectivity index (χ1) is 19.4. The van der Waals surface area contributed by atoms with Crippen LogP contribution in [0.3, 0.4) is 0 Å². The second-order valence-electron chi connectivity index (χ2n) is 15.4. The van der Waals surface area contributed by atoms with Gasteiger partial charge in [-0.3, -0.25) is 9.80 Å². The molecule has 0 N–H and O–H groups in total. The van der Waals surface area contributed by atoms with Gasteiger partial charge in [0.1, 0.15) is 0 Å². The summed E-state index contributed by atoms with van der Waals surface area (Å²) >= 11 is 0. The molecule has 0 aromatic carbocycles. The van der Waals surface area contributed by atoms with Crippen molar-refractivity contribution in [2.45, 2.75) is 175 Å². The number of likely N-dealkylation sites (tertiary alicyclic amines) is 2. The normalized spacial score (nSPS) is 39.6. The van der Waals surface area contributed by atoms with Crippen molar-refractivity contribution in [3.8, 4) is 0 Å². The van der Waals surface area contributed by atoms with Crippen LogP contribution in [0.1, 0.15) is 153 Å². The number of carbonyl (C=O) groups is 2. The number of carboxylic acid groups (broad SMARTS) is 2. The fourth-order valence-electron chi connectivity index (χ4n) is 9.69. The van der Waals surface area contributed by atoms with Gasteiger partial charge in [-0.15, -0.1) is 0 Å². The Balaban J connectivity index is 2.71. The molecule has 0 amide bonds. The fraction of sp³-hybridized carbons (Fsp3) is 0.944. The molecule has 8 atom stereocenters. The Morgan fingerprint density at radius 1 is 0.690 bits per heavy atom. The minimum absolute atomic E-state index is 0.00440. The molecule has 6 heteroatoms.